The fourth-order valence-corrected chi connectivity index (χ4v) is 4.73. The van der Waals surface area contributed by atoms with Crippen molar-refractivity contribution in [3.05, 3.63) is 57.7 Å². The quantitative estimate of drug-likeness (QED) is 0.793. The van der Waals surface area contributed by atoms with E-state index in [2.05, 4.69) is 5.32 Å². The second-order valence-electron chi connectivity index (χ2n) is 6.47. The first-order chi connectivity index (χ1) is 13.3. The van der Waals surface area contributed by atoms with Gasteiger partial charge in [0.25, 0.3) is 5.56 Å². The summed E-state index contributed by atoms with van der Waals surface area (Å²) in [5.74, 6) is -1.14. The number of aromatic nitrogens is 1. The van der Waals surface area contributed by atoms with Gasteiger partial charge in [0.05, 0.1) is 15.6 Å². The number of anilines is 1. The number of carbonyl (C=O) groups excluding carboxylic acids is 1. The summed E-state index contributed by atoms with van der Waals surface area (Å²) in [6.45, 7) is 0.464. The van der Waals surface area contributed by atoms with Gasteiger partial charge < -0.3 is 9.88 Å². The molecule has 28 heavy (non-hydrogen) atoms. The van der Waals surface area contributed by atoms with Gasteiger partial charge >= 0.3 is 0 Å². The number of pyridine rings is 1. The molecule has 0 spiro atoms. The van der Waals surface area contributed by atoms with E-state index in [-0.39, 0.29) is 15.6 Å². The number of halogens is 2. The minimum Gasteiger partial charge on any atom is -0.323 e. The maximum Gasteiger partial charge on any atom is 0.251 e. The largest absolute Gasteiger partial charge is 0.323 e. The Morgan fingerprint density at radius 1 is 1.14 bits per heavy atom. The van der Waals surface area contributed by atoms with Crippen LogP contribution in [-0.2, 0) is 21.4 Å². The number of hydrogen-bond acceptors (Lipinski definition) is 4. The Balaban J connectivity index is 1.79. The fraction of sp³-hybridized carbons (Fsp3) is 0.333. The predicted molar refractivity (Wildman–Crippen MR) is 103 cm³/mol. The molecule has 150 valence electrons. The van der Waals surface area contributed by atoms with Crippen molar-refractivity contribution in [2.45, 2.75) is 30.7 Å². The van der Waals surface area contributed by atoms with Crippen molar-refractivity contribution in [3.63, 3.8) is 0 Å². The lowest BCUT2D eigenvalue weighted by Gasteiger charge is -2.26. The minimum absolute atomic E-state index is 0.0159. The highest BCUT2D eigenvalue weighted by molar-refractivity contribution is 7.89. The minimum atomic E-state index is -3.73. The highest BCUT2D eigenvalue weighted by atomic mass is 35.5. The maximum absolute atomic E-state index is 13.1. The highest BCUT2D eigenvalue weighted by Crippen LogP contribution is 2.22. The average Bonchev–Trinajstić information content (AvgIpc) is 2.66. The lowest BCUT2D eigenvalue weighted by atomic mass is 10.2. The van der Waals surface area contributed by atoms with Crippen LogP contribution in [0.2, 0.25) is 5.02 Å². The number of piperidine rings is 1. The Labute approximate surface area is 166 Å². The molecule has 0 radical (unpaired) electrons. The molecule has 10 heteroatoms. The first-order valence-electron chi connectivity index (χ1n) is 8.73. The van der Waals surface area contributed by atoms with Crippen LogP contribution in [0.3, 0.4) is 0 Å². The van der Waals surface area contributed by atoms with Gasteiger partial charge in [0.15, 0.2) is 0 Å². The summed E-state index contributed by atoms with van der Waals surface area (Å²) in [5, 5.41) is 2.49. The third kappa shape index (κ3) is 4.60. The number of sulfonamides is 1. The number of benzene rings is 1. The molecule has 1 fully saturated rings. The van der Waals surface area contributed by atoms with E-state index in [9.17, 15) is 22.4 Å². The lowest BCUT2D eigenvalue weighted by Crippen LogP contribution is -2.36. The molecule has 2 aromatic rings. The number of hydrogen-bond donors (Lipinski definition) is 1. The second kappa shape index (κ2) is 8.42. The zero-order valence-electron chi connectivity index (χ0n) is 14.9. The van der Waals surface area contributed by atoms with Crippen molar-refractivity contribution in [1.82, 2.24) is 8.87 Å². The van der Waals surface area contributed by atoms with E-state index in [4.69, 9.17) is 11.6 Å². The van der Waals surface area contributed by atoms with Crippen LogP contribution in [0.25, 0.3) is 0 Å². The van der Waals surface area contributed by atoms with Crippen LogP contribution in [0.4, 0.5) is 10.1 Å². The maximum atomic E-state index is 13.1. The smallest absolute Gasteiger partial charge is 0.251 e. The summed E-state index contributed by atoms with van der Waals surface area (Å²) in [7, 11) is -3.73. The number of carbonyl (C=O) groups is 1. The van der Waals surface area contributed by atoms with E-state index in [0.717, 1.165) is 48.2 Å². The van der Waals surface area contributed by atoms with Crippen molar-refractivity contribution < 1.29 is 17.6 Å². The van der Waals surface area contributed by atoms with Crippen LogP contribution in [0.1, 0.15) is 19.3 Å². The Bertz CT molecular complexity index is 1050. The molecule has 0 bridgehead atoms. The molecule has 1 aliphatic rings. The number of amides is 1. The molecule has 1 N–H and O–H groups in total. The van der Waals surface area contributed by atoms with Crippen molar-refractivity contribution in [3.8, 4) is 0 Å². The molecular weight excluding hydrogens is 409 g/mol. The van der Waals surface area contributed by atoms with Crippen molar-refractivity contribution in [2.75, 3.05) is 18.4 Å². The standard InChI is InChI=1S/C18H19ClFN3O4S/c19-15-10-13(20)4-6-16(15)21-17(24)12-22-11-14(5-7-18(22)25)28(26,27)23-8-2-1-3-9-23/h4-7,10-11H,1-3,8-9,12H2,(H,21,24). The Kier molecular flexibility index (Phi) is 6.17. The fourth-order valence-electron chi connectivity index (χ4n) is 2.98. The normalized spacial score (nSPS) is 15.4. The van der Waals surface area contributed by atoms with Gasteiger partial charge in [-0.2, -0.15) is 4.31 Å². The zero-order chi connectivity index (χ0) is 20.3. The number of nitrogens with zero attached hydrogens (tertiary/aromatic N) is 2. The van der Waals surface area contributed by atoms with Gasteiger partial charge in [0, 0.05) is 25.4 Å². The Morgan fingerprint density at radius 2 is 1.86 bits per heavy atom. The molecule has 1 amide bonds. The van der Waals surface area contributed by atoms with E-state index >= 15 is 0 Å². The van der Waals surface area contributed by atoms with Crippen molar-refractivity contribution in [2.24, 2.45) is 0 Å². The van der Waals surface area contributed by atoms with Gasteiger partial charge in [-0.1, -0.05) is 18.0 Å². The van der Waals surface area contributed by atoms with Gasteiger partial charge in [-0.15, -0.1) is 0 Å². The molecule has 3 rings (SSSR count). The zero-order valence-corrected chi connectivity index (χ0v) is 16.5. The van der Waals surface area contributed by atoms with E-state index in [1.54, 1.807) is 0 Å². The Hall–Kier alpha value is -2.23. The third-order valence-corrected chi connectivity index (χ3v) is 6.62. The van der Waals surface area contributed by atoms with E-state index in [1.165, 1.54) is 16.4 Å². The van der Waals surface area contributed by atoms with E-state index < -0.39 is 33.9 Å². The summed E-state index contributed by atoms with van der Waals surface area (Å²) < 4.78 is 41.0. The molecule has 1 aromatic heterocycles. The van der Waals surface area contributed by atoms with Gasteiger partial charge in [-0.3, -0.25) is 9.59 Å². The number of nitrogens with one attached hydrogen (secondary N) is 1. The van der Waals surface area contributed by atoms with E-state index in [0.29, 0.717) is 13.1 Å². The molecule has 1 aliphatic heterocycles. The van der Waals surface area contributed by atoms with Crippen molar-refractivity contribution in [1.29, 1.82) is 0 Å². The monoisotopic (exact) mass is 427 g/mol. The van der Waals surface area contributed by atoms with Crippen LogP contribution in [-0.4, -0.2) is 36.3 Å². The molecule has 0 unspecified atom stereocenters. The summed E-state index contributed by atoms with van der Waals surface area (Å²) >= 11 is 5.87. The molecule has 0 saturated carbocycles. The summed E-state index contributed by atoms with van der Waals surface area (Å²) in [5.41, 5.74) is -0.323. The number of rotatable bonds is 5. The SMILES string of the molecule is O=C(Cn1cc(S(=O)(=O)N2CCCCC2)ccc1=O)Nc1ccc(F)cc1Cl. The van der Waals surface area contributed by atoms with Gasteiger partial charge in [-0.25, -0.2) is 12.8 Å². The highest BCUT2D eigenvalue weighted by Gasteiger charge is 2.26. The Morgan fingerprint density at radius 3 is 2.54 bits per heavy atom. The molecular formula is C18H19ClFN3O4S. The van der Waals surface area contributed by atoms with Crippen LogP contribution < -0.4 is 10.9 Å². The van der Waals surface area contributed by atoms with Gasteiger partial charge in [0.1, 0.15) is 12.4 Å². The average molecular weight is 428 g/mol. The third-order valence-electron chi connectivity index (χ3n) is 4.43. The molecule has 7 nitrogen and oxygen atoms in total. The first kappa shape index (κ1) is 20.5. The van der Waals surface area contributed by atoms with E-state index in [1.807, 2.05) is 0 Å². The van der Waals surface area contributed by atoms with Crippen LogP contribution >= 0.6 is 11.6 Å². The van der Waals surface area contributed by atoms with Crippen LogP contribution in [0, 0.1) is 5.82 Å². The second-order valence-corrected chi connectivity index (χ2v) is 8.81. The topological polar surface area (TPSA) is 88.5 Å². The summed E-state index contributed by atoms with van der Waals surface area (Å²) in [6, 6.07) is 5.86. The molecule has 0 atom stereocenters. The summed E-state index contributed by atoms with van der Waals surface area (Å²) in [6.07, 6.45) is 3.73. The first-order valence-corrected chi connectivity index (χ1v) is 10.5. The van der Waals surface area contributed by atoms with Gasteiger partial charge in [-0.05, 0) is 37.1 Å². The molecule has 1 aromatic carbocycles. The molecule has 1 saturated heterocycles. The van der Waals surface area contributed by atoms with Crippen LogP contribution in [0.5, 0.6) is 0 Å². The molecule has 0 aliphatic carbocycles. The van der Waals surface area contributed by atoms with Crippen molar-refractivity contribution >= 4 is 33.2 Å². The lowest BCUT2D eigenvalue weighted by molar-refractivity contribution is -0.116. The van der Waals surface area contributed by atoms with Crippen LogP contribution in [0.15, 0.2) is 46.2 Å². The van der Waals surface area contributed by atoms with Gasteiger partial charge in [0.2, 0.25) is 15.9 Å². The summed E-state index contributed by atoms with van der Waals surface area (Å²) in [4.78, 5) is 24.3. The predicted octanol–water partition coefficient (Wildman–Crippen LogP) is 2.45. The molecule has 2 heterocycles.